The normalized spacial score (nSPS) is 11.4. The van der Waals surface area contributed by atoms with Gasteiger partial charge in [-0.1, -0.05) is 12.1 Å². The van der Waals surface area contributed by atoms with Crippen LogP contribution in [0.25, 0.3) is 0 Å². The number of phenolic OH excluding ortho intramolecular Hbond substituents is 3. The molecule has 0 aliphatic carbocycles. The maximum absolute atomic E-state index is 9.51. The van der Waals surface area contributed by atoms with Crippen LogP contribution in [0.2, 0.25) is 0 Å². The Kier molecular flexibility index (Phi) is 3.78. The maximum atomic E-state index is 9.51. The fourth-order valence-electron chi connectivity index (χ4n) is 1.43. The minimum Gasteiger partial charge on any atom is -0.508 e. The fourth-order valence-corrected chi connectivity index (χ4v) is 1.43. The summed E-state index contributed by atoms with van der Waals surface area (Å²) >= 11 is 0. The van der Waals surface area contributed by atoms with Crippen molar-refractivity contribution in [2.24, 2.45) is 10.2 Å². The molecule has 2 aromatic rings. The van der Waals surface area contributed by atoms with Crippen molar-refractivity contribution in [2.45, 2.75) is 0 Å². The highest BCUT2D eigenvalue weighted by atomic mass is 16.3. The first-order valence-electron chi connectivity index (χ1n) is 5.53. The second kappa shape index (κ2) is 5.68. The summed E-state index contributed by atoms with van der Waals surface area (Å²) in [6.45, 7) is 0. The largest absolute Gasteiger partial charge is 0.508 e. The Morgan fingerprint density at radius 2 is 1.37 bits per heavy atom. The number of aromatic hydroxyl groups is 3. The minimum atomic E-state index is -0.0819. The Hall–Kier alpha value is -2.82. The van der Waals surface area contributed by atoms with E-state index in [0.29, 0.717) is 11.1 Å². The lowest BCUT2D eigenvalue weighted by molar-refractivity contribution is 0.450. The van der Waals surface area contributed by atoms with Gasteiger partial charge in [0.15, 0.2) is 0 Å². The number of hydrogen-bond donors (Lipinski definition) is 3. The Morgan fingerprint density at radius 1 is 0.737 bits per heavy atom. The molecule has 0 aliphatic rings. The van der Waals surface area contributed by atoms with Gasteiger partial charge < -0.3 is 15.3 Å². The third-order valence-electron chi connectivity index (χ3n) is 2.41. The summed E-state index contributed by atoms with van der Waals surface area (Å²) in [4.78, 5) is 0. The highest BCUT2D eigenvalue weighted by Crippen LogP contribution is 2.20. The highest BCUT2D eigenvalue weighted by Gasteiger charge is 1.98. The van der Waals surface area contributed by atoms with Gasteiger partial charge in [-0.05, 0) is 24.3 Å². The summed E-state index contributed by atoms with van der Waals surface area (Å²) in [5.41, 5.74) is 0.988. The van der Waals surface area contributed by atoms with Gasteiger partial charge in [0.1, 0.15) is 17.2 Å². The first kappa shape index (κ1) is 12.6. The predicted molar refractivity (Wildman–Crippen MR) is 73.1 cm³/mol. The van der Waals surface area contributed by atoms with E-state index in [1.807, 2.05) is 0 Å². The molecule has 0 spiro atoms. The number of benzene rings is 2. The molecule has 2 rings (SSSR count). The van der Waals surface area contributed by atoms with Gasteiger partial charge in [-0.25, -0.2) is 0 Å². The molecular weight excluding hydrogens is 244 g/mol. The fraction of sp³-hybridized carbons (Fsp3) is 0. The minimum absolute atomic E-state index is 0.0210. The maximum Gasteiger partial charge on any atom is 0.128 e. The Labute approximate surface area is 109 Å². The summed E-state index contributed by atoms with van der Waals surface area (Å²) in [6.07, 6.45) is 2.76. The number of rotatable bonds is 3. The molecule has 0 aromatic heterocycles. The number of nitrogens with zero attached hydrogens (tertiary/aromatic N) is 2. The van der Waals surface area contributed by atoms with E-state index >= 15 is 0 Å². The summed E-state index contributed by atoms with van der Waals surface area (Å²) in [5.74, 6) is 0.0165. The predicted octanol–water partition coefficient (Wildman–Crippen LogP) is 2.26. The lowest BCUT2D eigenvalue weighted by Crippen LogP contribution is -1.83. The van der Waals surface area contributed by atoms with Crippen LogP contribution in [-0.4, -0.2) is 27.7 Å². The third-order valence-corrected chi connectivity index (χ3v) is 2.41. The second-order valence-corrected chi connectivity index (χ2v) is 3.79. The molecule has 0 unspecified atom stereocenters. The van der Waals surface area contributed by atoms with Crippen LogP contribution in [0.3, 0.4) is 0 Å². The standard InChI is InChI=1S/C14H12N2O3/c17-12-6-5-11(14(19)7-12)9-16-15-8-10-3-1-2-4-13(10)18/h1-9,17-19H/b15-8-,16-9+. The number of hydrogen-bond acceptors (Lipinski definition) is 5. The Balaban J connectivity index is 2.10. The van der Waals surface area contributed by atoms with Gasteiger partial charge >= 0.3 is 0 Å². The van der Waals surface area contributed by atoms with E-state index in [9.17, 15) is 10.2 Å². The van der Waals surface area contributed by atoms with Crippen molar-refractivity contribution in [3.05, 3.63) is 53.6 Å². The molecule has 0 bridgehead atoms. The zero-order chi connectivity index (χ0) is 13.7. The lowest BCUT2D eigenvalue weighted by atomic mass is 10.2. The van der Waals surface area contributed by atoms with Gasteiger partial charge in [-0.2, -0.15) is 10.2 Å². The molecular formula is C14H12N2O3. The monoisotopic (exact) mass is 256 g/mol. The van der Waals surface area contributed by atoms with Crippen molar-refractivity contribution in [2.75, 3.05) is 0 Å². The SMILES string of the molecule is Oc1ccc(/C=N/N=C\c2ccccc2O)c(O)c1. The van der Waals surface area contributed by atoms with Crippen molar-refractivity contribution in [1.29, 1.82) is 0 Å². The molecule has 0 aliphatic heterocycles. The molecule has 0 fully saturated rings. The van der Waals surface area contributed by atoms with Gasteiger partial charge in [-0.3, -0.25) is 0 Å². The van der Waals surface area contributed by atoms with Gasteiger partial charge in [0, 0.05) is 17.2 Å². The first-order valence-corrected chi connectivity index (χ1v) is 5.53. The van der Waals surface area contributed by atoms with E-state index in [1.54, 1.807) is 24.3 Å². The van der Waals surface area contributed by atoms with Crippen molar-refractivity contribution in [1.82, 2.24) is 0 Å². The van der Waals surface area contributed by atoms with Crippen LogP contribution in [0.4, 0.5) is 0 Å². The lowest BCUT2D eigenvalue weighted by Gasteiger charge is -1.97. The van der Waals surface area contributed by atoms with Crippen LogP contribution in [0.15, 0.2) is 52.7 Å². The molecule has 0 saturated heterocycles. The van der Waals surface area contributed by atoms with Crippen molar-refractivity contribution >= 4 is 12.4 Å². The smallest absolute Gasteiger partial charge is 0.128 e. The van der Waals surface area contributed by atoms with Crippen molar-refractivity contribution < 1.29 is 15.3 Å². The van der Waals surface area contributed by atoms with E-state index in [2.05, 4.69) is 10.2 Å². The topological polar surface area (TPSA) is 85.4 Å². The summed E-state index contributed by atoms with van der Waals surface area (Å²) < 4.78 is 0. The second-order valence-electron chi connectivity index (χ2n) is 3.79. The first-order chi connectivity index (χ1) is 9.16. The molecule has 0 radical (unpaired) electrons. The summed E-state index contributed by atoms with van der Waals surface area (Å²) in [5, 5.41) is 35.7. The molecule has 19 heavy (non-hydrogen) atoms. The average Bonchev–Trinajstić information content (AvgIpc) is 2.38. The van der Waals surface area contributed by atoms with E-state index in [1.165, 1.54) is 30.6 Å². The van der Waals surface area contributed by atoms with Gasteiger partial charge in [0.05, 0.1) is 12.4 Å². The average molecular weight is 256 g/mol. The van der Waals surface area contributed by atoms with Crippen LogP contribution in [0.1, 0.15) is 11.1 Å². The molecule has 5 heteroatoms. The van der Waals surface area contributed by atoms with Crippen LogP contribution < -0.4 is 0 Å². The number of phenols is 3. The molecule has 5 nitrogen and oxygen atoms in total. The molecule has 2 aromatic carbocycles. The van der Waals surface area contributed by atoms with Gasteiger partial charge in [0.25, 0.3) is 0 Å². The van der Waals surface area contributed by atoms with Crippen molar-refractivity contribution in [3.63, 3.8) is 0 Å². The van der Waals surface area contributed by atoms with Crippen molar-refractivity contribution in [3.8, 4) is 17.2 Å². The third kappa shape index (κ3) is 3.32. The molecule has 0 amide bonds. The Bertz CT molecular complexity index is 636. The van der Waals surface area contributed by atoms with E-state index < -0.39 is 0 Å². The molecule has 0 heterocycles. The Morgan fingerprint density at radius 3 is 2.00 bits per heavy atom. The summed E-state index contributed by atoms with van der Waals surface area (Å²) in [7, 11) is 0. The molecule has 0 saturated carbocycles. The molecule has 3 N–H and O–H groups in total. The van der Waals surface area contributed by atoms with Crippen LogP contribution in [-0.2, 0) is 0 Å². The quantitative estimate of drug-likeness (QED) is 0.581. The molecule has 96 valence electrons. The van der Waals surface area contributed by atoms with Crippen LogP contribution in [0.5, 0.6) is 17.2 Å². The van der Waals surface area contributed by atoms with E-state index in [0.717, 1.165) is 0 Å². The van der Waals surface area contributed by atoms with E-state index in [-0.39, 0.29) is 17.2 Å². The molecule has 0 atom stereocenters. The summed E-state index contributed by atoms with van der Waals surface area (Å²) in [6, 6.07) is 10.9. The number of para-hydroxylation sites is 1. The zero-order valence-electron chi connectivity index (χ0n) is 9.93. The van der Waals surface area contributed by atoms with E-state index in [4.69, 9.17) is 5.11 Å². The van der Waals surface area contributed by atoms with Crippen LogP contribution >= 0.6 is 0 Å². The van der Waals surface area contributed by atoms with Gasteiger partial charge in [-0.15, -0.1) is 0 Å². The van der Waals surface area contributed by atoms with Crippen LogP contribution in [0, 0.1) is 0 Å². The van der Waals surface area contributed by atoms with Gasteiger partial charge in [0.2, 0.25) is 0 Å². The zero-order valence-corrected chi connectivity index (χ0v) is 9.93. The highest BCUT2D eigenvalue weighted by molar-refractivity contribution is 5.86.